The van der Waals surface area contributed by atoms with E-state index in [-0.39, 0.29) is 35.9 Å². The van der Waals surface area contributed by atoms with E-state index in [1.165, 1.54) is 15.3 Å². The average Bonchev–Trinajstić information content (AvgIpc) is 2.76. The summed E-state index contributed by atoms with van der Waals surface area (Å²) >= 11 is 0. The Hall–Kier alpha value is -2.23. The number of hydrogen-bond acceptors (Lipinski definition) is 7. The van der Waals surface area contributed by atoms with E-state index in [0.29, 0.717) is 37.4 Å². The Labute approximate surface area is 194 Å². The quantitative estimate of drug-likeness (QED) is 0.540. The molecule has 2 unspecified atom stereocenters. The molecule has 2 aromatic rings. The maximum Gasteiger partial charge on any atom is 0.332 e. The molecule has 1 N–H and O–H groups in total. The monoisotopic (exact) mass is 463 g/mol. The third kappa shape index (κ3) is 6.02. The number of rotatable bonds is 10. The maximum absolute atomic E-state index is 13.5. The van der Waals surface area contributed by atoms with Gasteiger partial charge in [0.1, 0.15) is 11.4 Å². The molecule has 1 fully saturated rings. The van der Waals surface area contributed by atoms with Gasteiger partial charge in [0, 0.05) is 25.8 Å². The Morgan fingerprint density at radius 3 is 2.64 bits per heavy atom. The largest absolute Gasteiger partial charge is 0.489 e. The highest BCUT2D eigenvalue weighted by atomic mass is 16.7. The van der Waals surface area contributed by atoms with Crippen molar-refractivity contribution in [2.45, 2.75) is 84.8 Å². The van der Waals surface area contributed by atoms with Crippen molar-refractivity contribution < 1.29 is 19.3 Å². The van der Waals surface area contributed by atoms with Crippen LogP contribution in [-0.2, 0) is 23.1 Å². The highest BCUT2D eigenvalue weighted by molar-refractivity contribution is 5.81. The third-order valence-electron chi connectivity index (χ3n) is 5.72. The molecule has 3 rings (SSSR count). The zero-order chi connectivity index (χ0) is 24.1. The first-order chi connectivity index (χ1) is 15.7. The summed E-state index contributed by atoms with van der Waals surface area (Å²) in [6, 6.07) is 0. The zero-order valence-electron chi connectivity index (χ0n) is 20.4. The molecule has 0 amide bonds. The zero-order valence-corrected chi connectivity index (χ0v) is 20.4. The first-order valence-electron chi connectivity index (χ1n) is 11.9. The summed E-state index contributed by atoms with van der Waals surface area (Å²) in [5.41, 5.74) is -0.289. The molecule has 1 aliphatic heterocycles. The smallest absolute Gasteiger partial charge is 0.332 e. The van der Waals surface area contributed by atoms with Crippen LogP contribution in [0.5, 0.6) is 5.75 Å². The van der Waals surface area contributed by atoms with E-state index in [4.69, 9.17) is 14.2 Å². The van der Waals surface area contributed by atoms with Crippen LogP contribution < -0.4 is 16.0 Å². The van der Waals surface area contributed by atoms with Gasteiger partial charge < -0.3 is 19.3 Å². The maximum atomic E-state index is 13.5. The van der Waals surface area contributed by atoms with Gasteiger partial charge in [0.2, 0.25) is 0 Å². The second kappa shape index (κ2) is 11.3. The van der Waals surface area contributed by atoms with Crippen LogP contribution in [0.2, 0.25) is 0 Å². The van der Waals surface area contributed by atoms with Crippen molar-refractivity contribution >= 4 is 11.0 Å². The molecular weight excluding hydrogens is 426 g/mol. The number of aryl methyl sites for hydroxylation is 1. The van der Waals surface area contributed by atoms with Crippen molar-refractivity contribution in [2.75, 3.05) is 13.2 Å². The molecule has 0 aromatic carbocycles. The number of nitrogens with zero attached hydrogens (tertiary/aromatic N) is 3. The number of aromatic nitrogens is 3. The lowest BCUT2D eigenvalue weighted by Gasteiger charge is -2.23. The molecule has 0 spiro atoms. The van der Waals surface area contributed by atoms with Gasteiger partial charge in [-0.05, 0) is 51.9 Å². The van der Waals surface area contributed by atoms with Gasteiger partial charge in [0.25, 0.3) is 5.56 Å². The first kappa shape index (κ1) is 25.4. The van der Waals surface area contributed by atoms with Gasteiger partial charge in [0.15, 0.2) is 6.29 Å². The Morgan fingerprint density at radius 1 is 1.24 bits per heavy atom. The highest BCUT2D eigenvalue weighted by Crippen LogP contribution is 2.33. The number of ether oxygens (including phenoxy) is 3. The lowest BCUT2D eigenvalue weighted by Crippen LogP contribution is -2.40. The normalized spacial score (nSPS) is 17.8. The molecule has 1 aliphatic rings. The van der Waals surface area contributed by atoms with Gasteiger partial charge in [-0.15, -0.1) is 0 Å². The molecule has 0 saturated carbocycles. The summed E-state index contributed by atoms with van der Waals surface area (Å²) in [6.07, 6.45) is 4.10. The molecule has 2 aromatic heterocycles. The van der Waals surface area contributed by atoms with Crippen molar-refractivity contribution in [3.63, 3.8) is 0 Å². The molecule has 0 radical (unpaired) electrons. The fraction of sp³-hybridized carbons (Fsp3) is 0.708. The number of fused-ring (bicyclic) bond motifs is 1. The fourth-order valence-electron chi connectivity index (χ4n) is 4.18. The Kier molecular flexibility index (Phi) is 8.67. The second-order valence-electron chi connectivity index (χ2n) is 9.37. The molecule has 9 heteroatoms. The molecule has 1 saturated heterocycles. The van der Waals surface area contributed by atoms with E-state index in [9.17, 15) is 14.7 Å². The molecule has 0 aliphatic carbocycles. The van der Waals surface area contributed by atoms with Crippen molar-refractivity contribution in [2.24, 2.45) is 13.0 Å². The molecule has 184 valence electrons. The van der Waals surface area contributed by atoms with E-state index in [0.717, 1.165) is 19.3 Å². The number of aliphatic hydroxyl groups excluding tert-OH is 1. The van der Waals surface area contributed by atoms with Crippen LogP contribution in [0.3, 0.4) is 0 Å². The van der Waals surface area contributed by atoms with E-state index in [1.807, 2.05) is 27.7 Å². The van der Waals surface area contributed by atoms with E-state index in [1.54, 1.807) is 7.05 Å². The summed E-state index contributed by atoms with van der Waals surface area (Å²) in [6.45, 7) is 9.03. The summed E-state index contributed by atoms with van der Waals surface area (Å²) < 4.78 is 19.8. The highest BCUT2D eigenvalue weighted by Gasteiger charge is 2.25. The minimum Gasteiger partial charge on any atom is -0.489 e. The van der Waals surface area contributed by atoms with Gasteiger partial charge >= 0.3 is 5.69 Å². The number of aliphatic hydroxyl groups is 1. The second-order valence-corrected chi connectivity index (χ2v) is 9.37. The summed E-state index contributed by atoms with van der Waals surface area (Å²) in [5.74, 6) is 0.565. The standard InChI is InChI=1S/C24H37N3O6/c1-15(2)13-17(28)20-18(33-16(3)4)14-25-22-21(20)23(29)27(24(30)26(22)5)10-8-12-32-19-9-6-7-11-31-19/h14-17,19,28H,6-13H2,1-5H3. The molecule has 2 atom stereocenters. The lowest BCUT2D eigenvalue weighted by atomic mass is 9.97. The SMILES string of the molecule is CC(C)CC(O)c1c(OC(C)C)cnc2c1c(=O)n(CCCOC1CCCCO1)c(=O)n2C. The number of hydrogen-bond donors (Lipinski definition) is 1. The third-order valence-corrected chi connectivity index (χ3v) is 5.72. The minimum atomic E-state index is -0.922. The number of pyridine rings is 1. The van der Waals surface area contributed by atoms with Gasteiger partial charge in [0.05, 0.1) is 30.4 Å². The molecule has 9 nitrogen and oxygen atoms in total. The fourth-order valence-corrected chi connectivity index (χ4v) is 4.18. The average molecular weight is 464 g/mol. The first-order valence-corrected chi connectivity index (χ1v) is 11.9. The van der Waals surface area contributed by atoms with E-state index in [2.05, 4.69) is 4.98 Å². The molecular formula is C24H37N3O6. The van der Waals surface area contributed by atoms with Crippen LogP contribution in [0.15, 0.2) is 15.8 Å². The Balaban J connectivity index is 1.98. The van der Waals surface area contributed by atoms with Crippen LogP contribution in [0.1, 0.15) is 71.5 Å². The predicted octanol–water partition coefficient (Wildman–Crippen LogP) is 2.90. The summed E-state index contributed by atoms with van der Waals surface area (Å²) in [7, 11) is 1.58. The van der Waals surface area contributed by atoms with Gasteiger partial charge in [-0.25, -0.2) is 9.78 Å². The molecule has 0 bridgehead atoms. The van der Waals surface area contributed by atoms with Gasteiger partial charge in [-0.3, -0.25) is 13.9 Å². The minimum absolute atomic E-state index is 0.164. The molecule has 3 heterocycles. The van der Waals surface area contributed by atoms with Crippen molar-refractivity contribution in [1.82, 2.24) is 14.1 Å². The van der Waals surface area contributed by atoms with Crippen LogP contribution in [0.25, 0.3) is 11.0 Å². The van der Waals surface area contributed by atoms with Gasteiger partial charge in [-0.1, -0.05) is 13.8 Å². The Morgan fingerprint density at radius 2 is 2.00 bits per heavy atom. The van der Waals surface area contributed by atoms with Crippen LogP contribution in [-0.4, -0.2) is 44.8 Å². The van der Waals surface area contributed by atoms with E-state index < -0.39 is 17.4 Å². The van der Waals surface area contributed by atoms with Crippen LogP contribution in [0, 0.1) is 5.92 Å². The van der Waals surface area contributed by atoms with E-state index >= 15 is 0 Å². The van der Waals surface area contributed by atoms with Crippen LogP contribution >= 0.6 is 0 Å². The van der Waals surface area contributed by atoms with Crippen molar-refractivity contribution in [3.05, 3.63) is 32.6 Å². The predicted molar refractivity (Wildman–Crippen MR) is 126 cm³/mol. The summed E-state index contributed by atoms with van der Waals surface area (Å²) in [5, 5.41) is 11.3. The summed E-state index contributed by atoms with van der Waals surface area (Å²) in [4.78, 5) is 30.8. The van der Waals surface area contributed by atoms with Crippen LogP contribution in [0.4, 0.5) is 0 Å². The van der Waals surface area contributed by atoms with Gasteiger partial charge in [-0.2, -0.15) is 0 Å². The molecule has 33 heavy (non-hydrogen) atoms. The lowest BCUT2D eigenvalue weighted by molar-refractivity contribution is -0.163. The van der Waals surface area contributed by atoms with Crippen molar-refractivity contribution in [1.29, 1.82) is 0 Å². The van der Waals surface area contributed by atoms with Crippen molar-refractivity contribution in [3.8, 4) is 5.75 Å². The Bertz CT molecular complexity index is 1050. The topological polar surface area (TPSA) is 105 Å².